The molecule has 75 heavy (non-hydrogen) atoms. The van der Waals surface area contributed by atoms with Gasteiger partial charge in [-0.2, -0.15) is 0 Å². The minimum Gasteiger partial charge on any atom is -0.756 e. The number of phosphoric ester groups is 1. The lowest BCUT2D eigenvalue weighted by Gasteiger charge is -2.29. The fourth-order valence-corrected chi connectivity index (χ4v) is 8.37. The van der Waals surface area contributed by atoms with Gasteiger partial charge in [-0.25, -0.2) is 0 Å². The zero-order valence-corrected chi connectivity index (χ0v) is 49.3. The van der Waals surface area contributed by atoms with E-state index in [1.165, 1.54) is 83.5 Å². The fraction of sp³-hybridized carbons (Fsp3) is 0.621. The molecule has 0 aliphatic rings. The van der Waals surface area contributed by atoms with Crippen LogP contribution in [0.15, 0.2) is 146 Å². The Labute approximate surface area is 461 Å². The van der Waals surface area contributed by atoms with Gasteiger partial charge in [0.2, 0.25) is 5.91 Å². The Morgan fingerprint density at radius 3 is 1.24 bits per heavy atom. The molecule has 0 fully saturated rings. The summed E-state index contributed by atoms with van der Waals surface area (Å²) in [4.78, 5) is 25.5. The Morgan fingerprint density at radius 1 is 0.480 bits per heavy atom. The van der Waals surface area contributed by atoms with Gasteiger partial charge >= 0.3 is 0 Å². The van der Waals surface area contributed by atoms with Crippen LogP contribution in [0.1, 0.15) is 213 Å². The zero-order chi connectivity index (χ0) is 54.9. The highest BCUT2D eigenvalue weighted by molar-refractivity contribution is 7.45. The minimum absolute atomic E-state index is 0.0244. The van der Waals surface area contributed by atoms with E-state index in [-0.39, 0.29) is 18.9 Å². The highest BCUT2D eigenvalue weighted by atomic mass is 31.2. The van der Waals surface area contributed by atoms with Gasteiger partial charge in [-0.05, 0) is 116 Å². The van der Waals surface area contributed by atoms with Crippen molar-refractivity contribution >= 4 is 13.7 Å². The number of amides is 1. The summed E-state index contributed by atoms with van der Waals surface area (Å²) in [5, 5.41) is 13.8. The van der Waals surface area contributed by atoms with Crippen LogP contribution >= 0.6 is 7.82 Å². The highest BCUT2D eigenvalue weighted by Gasteiger charge is 2.23. The molecule has 1 amide bonds. The molecule has 0 aromatic rings. The topological polar surface area (TPSA) is 108 Å². The summed E-state index contributed by atoms with van der Waals surface area (Å²) in [5.74, 6) is -0.249. The molecular formula is C66H111N2O6P. The summed E-state index contributed by atoms with van der Waals surface area (Å²) >= 11 is 0. The van der Waals surface area contributed by atoms with E-state index < -0.39 is 26.6 Å². The first-order chi connectivity index (χ1) is 36.5. The van der Waals surface area contributed by atoms with E-state index >= 15 is 0 Å². The van der Waals surface area contributed by atoms with Crippen molar-refractivity contribution in [2.24, 2.45) is 0 Å². The number of phosphoric acid groups is 1. The Hall–Kier alpha value is -3.62. The molecule has 3 unspecified atom stereocenters. The first-order valence-corrected chi connectivity index (χ1v) is 31.2. The van der Waals surface area contributed by atoms with Crippen LogP contribution < -0.4 is 10.2 Å². The van der Waals surface area contributed by atoms with E-state index in [1.54, 1.807) is 6.08 Å². The number of aliphatic hydroxyl groups is 1. The number of quaternary nitrogens is 1. The number of likely N-dealkylation sites (N-methyl/N-ethyl adjacent to an activating group) is 1. The van der Waals surface area contributed by atoms with Crippen molar-refractivity contribution in [1.82, 2.24) is 5.32 Å². The summed E-state index contributed by atoms with van der Waals surface area (Å²) in [6.07, 6.45) is 85.0. The van der Waals surface area contributed by atoms with Gasteiger partial charge in [-0.15, -0.1) is 0 Å². The molecule has 9 heteroatoms. The number of unbranched alkanes of at least 4 members (excludes halogenated alkanes) is 17. The Kier molecular flexibility index (Phi) is 52.5. The van der Waals surface area contributed by atoms with Crippen molar-refractivity contribution < 1.29 is 32.9 Å². The molecule has 3 atom stereocenters. The number of carbonyl (C=O) groups is 1. The lowest BCUT2D eigenvalue weighted by atomic mass is 10.0. The van der Waals surface area contributed by atoms with Crippen molar-refractivity contribution in [3.05, 3.63) is 146 Å². The van der Waals surface area contributed by atoms with Gasteiger partial charge in [-0.1, -0.05) is 237 Å². The van der Waals surface area contributed by atoms with E-state index in [1.807, 2.05) is 27.2 Å². The molecule has 2 N–H and O–H groups in total. The minimum atomic E-state index is -4.63. The van der Waals surface area contributed by atoms with E-state index in [9.17, 15) is 19.4 Å². The van der Waals surface area contributed by atoms with E-state index in [0.29, 0.717) is 23.9 Å². The van der Waals surface area contributed by atoms with E-state index in [4.69, 9.17) is 9.05 Å². The number of allylic oxidation sites excluding steroid dienone is 23. The molecule has 0 rings (SSSR count). The zero-order valence-electron chi connectivity index (χ0n) is 48.4. The van der Waals surface area contributed by atoms with Crippen molar-refractivity contribution in [2.45, 2.75) is 225 Å². The second kappa shape index (κ2) is 55.1. The molecule has 0 spiro atoms. The number of nitrogens with one attached hydrogen (secondary N) is 1. The molecule has 0 saturated carbocycles. The molecule has 0 radical (unpaired) electrons. The largest absolute Gasteiger partial charge is 0.756 e. The Morgan fingerprint density at radius 2 is 0.827 bits per heavy atom. The average Bonchev–Trinajstić information content (AvgIpc) is 3.37. The van der Waals surface area contributed by atoms with Crippen LogP contribution in [0.4, 0.5) is 0 Å². The molecule has 426 valence electrons. The molecule has 0 aromatic heterocycles. The standard InChI is InChI=1S/C66H111N2O6P/c1-6-8-10-12-14-16-18-20-22-24-26-28-30-31-32-33-34-35-36-37-38-40-42-44-46-48-50-52-54-56-58-60-66(70)67-64(63-74-75(71,72)73-62-61-68(3,4)5)65(69)59-57-55-53-51-49-47-45-43-41-39-29-27-25-23-21-19-17-15-13-11-9-7-2/h8,10,14,16,20,22,26,28,31-32,34-35,37-38,41-44,48-51,57,59,64-65,69H,6-7,9,11-13,15,17-19,21,23-25,27,29-30,33,36,39-40,45-47,52-56,58,60-63H2,1-5H3,(H-,67,70,71,72)/b10-8-,16-14-,22-20-,28-26-,32-31-,35-34-,38-37-,43-41+,44-42-,50-48-,51-49+,59-57+. The Balaban J connectivity index is 4.40. The monoisotopic (exact) mass is 1060 g/mol. The third-order valence-corrected chi connectivity index (χ3v) is 13.2. The molecule has 0 bridgehead atoms. The predicted octanol–water partition coefficient (Wildman–Crippen LogP) is 17.8. The molecule has 0 saturated heterocycles. The van der Waals surface area contributed by atoms with Crippen LogP contribution in [0.5, 0.6) is 0 Å². The molecular weight excluding hydrogens is 948 g/mol. The van der Waals surface area contributed by atoms with E-state index in [2.05, 4.69) is 153 Å². The van der Waals surface area contributed by atoms with Gasteiger partial charge in [0.05, 0.1) is 39.9 Å². The van der Waals surface area contributed by atoms with Gasteiger partial charge in [-0.3, -0.25) is 9.36 Å². The maximum absolute atomic E-state index is 13.0. The number of hydrogen-bond acceptors (Lipinski definition) is 6. The van der Waals surface area contributed by atoms with Crippen LogP contribution in [0.3, 0.4) is 0 Å². The number of nitrogens with zero attached hydrogens (tertiary/aromatic N) is 1. The summed E-state index contributed by atoms with van der Waals surface area (Å²) in [5.41, 5.74) is 0. The molecule has 0 aliphatic carbocycles. The SMILES string of the molecule is CC/C=C\C/C=C\C/C=C\C/C=C\C/C=C\C/C=C\C/C=C\C/C=C\C/C=C\CCCCCC(=O)NC(COP(=O)([O-])OCC[N+](C)(C)C)C(O)/C=C/CC/C=C/CC/C=C/CCCCCCCCCCCCCC. The van der Waals surface area contributed by atoms with Crippen molar-refractivity contribution in [1.29, 1.82) is 0 Å². The fourth-order valence-electron chi connectivity index (χ4n) is 7.65. The van der Waals surface area contributed by atoms with E-state index in [0.717, 1.165) is 96.3 Å². The number of aliphatic hydroxyl groups excluding tert-OH is 1. The molecule has 0 aromatic carbocycles. The summed E-state index contributed by atoms with van der Waals surface area (Å²) < 4.78 is 23.3. The van der Waals surface area contributed by atoms with Crippen LogP contribution in [-0.2, 0) is 18.4 Å². The third-order valence-electron chi connectivity index (χ3n) is 12.3. The summed E-state index contributed by atoms with van der Waals surface area (Å²) in [7, 11) is 1.19. The van der Waals surface area contributed by atoms with Gasteiger partial charge in [0.1, 0.15) is 13.2 Å². The van der Waals surface area contributed by atoms with Crippen LogP contribution in [0, 0.1) is 0 Å². The average molecular weight is 1060 g/mol. The molecule has 0 heterocycles. The quantitative estimate of drug-likeness (QED) is 0.0272. The maximum Gasteiger partial charge on any atom is 0.268 e. The van der Waals surface area contributed by atoms with Gasteiger partial charge < -0.3 is 28.8 Å². The van der Waals surface area contributed by atoms with Crippen molar-refractivity contribution in [3.8, 4) is 0 Å². The predicted molar refractivity (Wildman–Crippen MR) is 325 cm³/mol. The molecule has 8 nitrogen and oxygen atoms in total. The van der Waals surface area contributed by atoms with Crippen LogP contribution in [-0.4, -0.2) is 68.5 Å². The Bertz CT molecular complexity index is 1720. The van der Waals surface area contributed by atoms with Gasteiger partial charge in [0, 0.05) is 6.42 Å². The second-order valence-corrected chi connectivity index (χ2v) is 22.0. The highest BCUT2D eigenvalue weighted by Crippen LogP contribution is 2.38. The second-order valence-electron chi connectivity index (χ2n) is 20.6. The smallest absolute Gasteiger partial charge is 0.268 e. The lowest BCUT2D eigenvalue weighted by molar-refractivity contribution is -0.870. The molecule has 0 aliphatic heterocycles. The van der Waals surface area contributed by atoms with Crippen LogP contribution in [0.2, 0.25) is 0 Å². The van der Waals surface area contributed by atoms with Gasteiger partial charge in [0.15, 0.2) is 0 Å². The normalized spacial score (nSPS) is 14.9. The van der Waals surface area contributed by atoms with Gasteiger partial charge in [0.25, 0.3) is 7.82 Å². The van der Waals surface area contributed by atoms with Crippen LogP contribution in [0.25, 0.3) is 0 Å². The maximum atomic E-state index is 13.0. The first kappa shape index (κ1) is 71.4. The van der Waals surface area contributed by atoms with Crippen molar-refractivity contribution in [3.63, 3.8) is 0 Å². The number of carbonyl (C=O) groups excluding carboxylic acids is 1. The summed E-state index contributed by atoms with van der Waals surface area (Å²) in [6.45, 7) is 4.46. The number of rotatable bonds is 52. The van der Waals surface area contributed by atoms with Crippen molar-refractivity contribution in [2.75, 3.05) is 40.9 Å². The third kappa shape index (κ3) is 57.9. The number of hydrogen-bond donors (Lipinski definition) is 2. The lowest BCUT2D eigenvalue weighted by Crippen LogP contribution is -2.45. The summed E-state index contributed by atoms with van der Waals surface area (Å²) in [6, 6.07) is -0.940. The first-order valence-electron chi connectivity index (χ1n) is 29.7.